The van der Waals surface area contributed by atoms with E-state index >= 15 is 0 Å². The summed E-state index contributed by atoms with van der Waals surface area (Å²) in [5, 5.41) is 5.58. The van der Waals surface area contributed by atoms with E-state index in [9.17, 15) is 4.79 Å². The fraction of sp³-hybridized carbons (Fsp3) is 0.0833. The average Bonchev–Trinajstić information content (AvgIpc) is 2.92. The van der Waals surface area contributed by atoms with Gasteiger partial charge in [-0.2, -0.15) is 5.10 Å². The standard InChI is InChI=1S/C24H20N2O/c1-17-12-13-19(18(2)16-17)14-15-22-21-10-6-7-11-23(27)24(21)26(25-22)20-8-4-3-5-9-20/h3-16H,1-2H3/b15-14+. The third-order valence-electron chi connectivity index (χ3n) is 4.65. The third kappa shape index (κ3) is 3.32. The van der Waals surface area contributed by atoms with Gasteiger partial charge in [0.2, 0.25) is 5.43 Å². The predicted octanol–water partition coefficient (Wildman–Crippen LogP) is 5.17. The summed E-state index contributed by atoms with van der Waals surface area (Å²) in [6, 6.07) is 23.3. The number of benzene rings is 2. The highest BCUT2D eigenvalue weighted by atomic mass is 16.1. The molecule has 132 valence electrons. The number of nitrogens with zero attached hydrogens (tertiary/aromatic N) is 2. The number of hydrogen-bond donors (Lipinski definition) is 0. The number of rotatable bonds is 3. The summed E-state index contributed by atoms with van der Waals surface area (Å²) in [5.74, 6) is 0. The van der Waals surface area contributed by atoms with E-state index < -0.39 is 0 Å². The third-order valence-corrected chi connectivity index (χ3v) is 4.65. The molecule has 0 saturated carbocycles. The Balaban J connectivity index is 1.92. The van der Waals surface area contributed by atoms with E-state index in [-0.39, 0.29) is 5.43 Å². The summed E-state index contributed by atoms with van der Waals surface area (Å²) in [6.07, 6.45) is 4.04. The number of aromatic nitrogens is 2. The summed E-state index contributed by atoms with van der Waals surface area (Å²) in [7, 11) is 0. The molecular formula is C24H20N2O. The SMILES string of the molecule is Cc1ccc(/C=C/c2nn(-c3ccccc3)c3c(=O)ccccc23)c(C)c1. The molecule has 0 radical (unpaired) electrons. The van der Waals surface area contributed by atoms with Crippen LogP contribution < -0.4 is 5.43 Å². The van der Waals surface area contributed by atoms with Crippen molar-refractivity contribution in [3.63, 3.8) is 0 Å². The largest absolute Gasteiger partial charge is 0.288 e. The van der Waals surface area contributed by atoms with E-state index in [2.05, 4.69) is 38.1 Å². The minimum absolute atomic E-state index is 0.0440. The molecule has 0 spiro atoms. The van der Waals surface area contributed by atoms with Gasteiger partial charge in [-0.05, 0) is 49.2 Å². The lowest BCUT2D eigenvalue weighted by Gasteiger charge is -2.01. The summed E-state index contributed by atoms with van der Waals surface area (Å²) in [6.45, 7) is 4.19. The molecule has 0 unspecified atom stereocenters. The van der Waals surface area contributed by atoms with Crippen LogP contribution in [0, 0.1) is 13.8 Å². The Hall–Kier alpha value is -3.46. The number of hydrogen-bond acceptors (Lipinski definition) is 2. The molecule has 0 N–H and O–H groups in total. The van der Waals surface area contributed by atoms with E-state index in [4.69, 9.17) is 5.10 Å². The zero-order chi connectivity index (χ0) is 18.8. The first kappa shape index (κ1) is 17.0. The molecule has 1 aromatic heterocycles. The lowest BCUT2D eigenvalue weighted by molar-refractivity contribution is 0.902. The molecule has 3 heteroatoms. The van der Waals surface area contributed by atoms with Gasteiger partial charge in [-0.1, -0.05) is 66.2 Å². The van der Waals surface area contributed by atoms with Crippen LogP contribution in [0.2, 0.25) is 0 Å². The van der Waals surface area contributed by atoms with Crippen LogP contribution in [0.3, 0.4) is 0 Å². The first-order chi connectivity index (χ1) is 13.1. The van der Waals surface area contributed by atoms with Crippen molar-refractivity contribution in [1.82, 2.24) is 9.78 Å². The first-order valence-electron chi connectivity index (χ1n) is 8.96. The second-order valence-corrected chi connectivity index (χ2v) is 6.67. The van der Waals surface area contributed by atoms with Crippen molar-refractivity contribution in [2.24, 2.45) is 0 Å². The first-order valence-corrected chi connectivity index (χ1v) is 8.96. The molecule has 1 heterocycles. The molecule has 0 amide bonds. The van der Waals surface area contributed by atoms with E-state index in [1.165, 1.54) is 11.1 Å². The van der Waals surface area contributed by atoms with Gasteiger partial charge in [-0.3, -0.25) is 4.79 Å². The lowest BCUT2D eigenvalue weighted by Crippen LogP contribution is -2.04. The van der Waals surface area contributed by atoms with Crippen molar-refractivity contribution in [1.29, 1.82) is 0 Å². The fourth-order valence-electron chi connectivity index (χ4n) is 3.28. The van der Waals surface area contributed by atoms with Crippen molar-refractivity contribution in [3.05, 3.63) is 105 Å². The van der Waals surface area contributed by atoms with Crippen LogP contribution in [0.4, 0.5) is 0 Å². The summed E-state index contributed by atoms with van der Waals surface area (Å²) in [5.41, 5.74) is 5.80. The van der Waals surface area contributed by atoms with Gasteiger partial charge in [0.1, 0.15) is 5.52 Å². The predicted molar refractivity (Wildman–Crippen MR) is 112 cm³/mol. The second kappa shape index (κ2) is 7.04. The Morgan fingerprint density at radius 1 is 0.852 bits per heavy atom. The van der Waals surface area contributed by atoms with Gasteiger partial charge >= 0.3 is 0 Å². The van der Waals surface area contributed by atoms with Crippen LogP contribution >= 0.6 is 0 Å². The maximum atomic E-state index is 12.7. The molecule has 0 aliphatic heterocycles. The minimum atomic E-state index is -0.0440. The van der Waals surface area contributed by atoms with Crippen LogP contribution in [0.15, 0.2) is 77.6 Å². The highest BCUT2D eigenvalue weighted by Gasteiger charge is 2.12. The molecule has 0 saturated heterocycles. The number of fused-ring (bicyclic) bond motifs is 1. The minimum Gasteiger partial charge on any atom is -0.288 e. The van der Waals surface area contributed by atoms with Crippen LogP contribution in [0.1, 0.15) is 22.4 Å². The maximum absolute atomic E-state index is 12.7. The molecule has 0 bridgehead atoms. The second-order valence-electron chi connectivity index (χ2n) is 6.67. The molecule has 3 aromatic carbocycles. The van der Waals surface area contributed by atoms with E-state index in [1.54, 1.807) is 16.8 Å². The van der Waals surface area contributed by atoms with Crippen molar-refractivity contribution in [2.45, 2.75) is 13.8 Å². The quantitative estimate of drug-likeness (QED) is 0.510. The van der Waals surface area contributed by atoms with Gasteiger partial charge in [0.15, 0.2) is 0 Å². The Labute approximate surface area is 158 Å². The Morgan fingerprint density at radius 3 is 2.37 bits per heavy atom. The summed E-state index contributed by atoms with van der Waals surface area (Å²) < 4.78 is 1.74. The van der Waals surface area contributed by atoms with Crippen molar-refractivity contribution < 1.29 is 0 Å². The normalized spacial score (nSPS) is 11.3. The molecule has 3 nitrogen and oxygen atoms in total. The molecule has 0 fully saturated rings. The summed E-state index contributed by atoms with van der Waals surface area (Å²) >= 11 is 0. The smallest absolute Gasteiger partial charge is 0.204 e. The monoisotopic (exact) mass is 352 g/mol. The Kier molecular flexibility index (Phi) is 4.43. The van der Waals surface area contributed by atoms with E-state index in [1.807, 2.05) is 48.5 Å². The molecule has 27 heavy (non-hydrogen) atoms. The average molecular weight is 352 g/mol. The van der Waals surface area contributed by atoms with Gasteiger partial charge in [-0.15, -0.1) is 0 Å². The Bertz CT molecular complexity index is 1200. The molecule has 0 atom stereocenters. The fourth-order valence-corrected chi connectivity index (χ4v) is 3.28. The zero-order valence-electron chi connectivity index (χ0n) is 15.4. The van der Waals surface area contributed by atoms with Crippen LogP contribution in [0.25, 0.3) is 28.7 Å². The lowest BCUT2D eigenvalue weighted by atomic mass is 10.0. The van der Waals surface area contributed by atoms with Gasteiger partial charge in [0.05, 0.1) is 11.4 Å². The maximum Gasteiger partial charge on any atom is 0.204 e. The van der Waals surface area contributed by atoms with Gasteiger partial charge in [0.25, 0.3) is 0 Å². The van der Waals surface area contributed by atoms with E-state index in [0.29, 0.717) is 5.52 Å². The Morgan fingerprint density at radius 2 is 1.59 bits per heavy atom. The van der Waals surface area contributed by atoms with Crippen LogP contribution in [-0.4, -0.2) is 9.78 Å². The van der Waals surface area contributed by atoms with Crippen LogP contribution in [0.5, 0.6) is 0 Å². The molecule has 4 rings (SSSR count). The topological polar surface area (TPSA) is 34.9 Å². The van der Waals surface area contributed by atoms with E-state index in [0.717, 1.165) is 22.3 Å². The molecule has 4 aromatic rings. The van der Waals surface area contributed by atoms with Crippen molar-refractivity contribution in [3.8, 4) is 5.69 Å². The van der Waals surface area contributed by atoms with Crippen molar-refractivity contribution >= 4 is 23.1 Å². The van der Waals surface area contributed by atoms with Crippen molar-refractivity contribution in [2.75, 3.05) is 0 Å². The zero-order valence-corrected chi connectivity index (χ0v) is 15.4. The molecule has 0 aliphatic rings. The number of aryl methyl sites for hydroxylation is 2. The molecule has 0 aliphatic carbocycles. The number of para-hydroxylation sites is 1. The van der Waals surface area contributed by atoms with Gasteiger partial charge < -0.3 is 0 Å². The molecular weight excluding hydrogens is 332 g/mol. The highest BCUT2D eigenvalue weighted by Crippen LogP contribution is 2.22. The van der Waals surface area contributed by atoms with Gasteiger partial charge in [-0.25, -0.2) is 4.68 Å². The summed E-state index contributed by atoms with van der Waals surface area (Å²) in [4.78, 5) is 12.7. The van der Waals surface area contributed by atoms with Gasteiger partial charge in [0, 0.05) is 5.39 Å². The highest BCUT2D eigenvalue weighted by molar-refractivity contribution is 5.90. The van der Waals surface area contributed by atoms with Crippen LogP contribution in [-0.2, 0) is 0 Å².